The molecular weight excluding hydrogens is 388 g/mol. The molecule has 1 aromatic heterocycles. The van der Waals surface area contributed by atoms with E-state index in [1.54, 1.807) is 24.3 Å². The highest BCUT2D eigenvalue weighted by Crippen LogP contribution is 2.24. The van der Waals surface area contributed by atoms with Crippen LogP contribution in [0.5, 0.6) is 5.75 Å². The topological polar surface area (TPSA) is 84.4 Å². The number of rotatable bonds is 6. The lowest BCUT2D eigenvalue weighted by Crippen LogP contribution is -2.49. The summed E-state index contributed by atoms with van der Waals surface area (Å²) in [4.78, 5) is 26.9. The molecular formula is C21H28N4O3S. The smallest absolute Gasteiger partial charge is 0.260 e. The molecule has 2 unspecified atom stereocenters. The van der Waals surface area contributed by atoms with Gasteiger partial charge in [0.05, 0.1) is 0 Å². The number of nitrogens with one attached hydrogen (secondary N) is 1. The molecule has 2 atom stereocenters. The Bertz CT molecular complexity index is 840. The van der Waals surface area contributed by atoms with Crippen LogP contribution in [0.4, 0.5) is 5.13 Å². The molecule has 1 fully saturated rings. The third kappa shape index (κ3) is 5.32. The Labute approximate surface area is 175 Å². The number of ether oxygens (including phenoxy) is 1. The predicted molar refractivity (Wildman–Crippen MR) is 114 cm³/mol. The Hall–Kier alpha value is -2.48. The molecule has 0 bridgehead atoms. The summed E-state index contributed by atoms with van der Waals surface area (Å²) < 4.78 is 5.66. The summed E-state index contributed by atoms with van der Waals surface area (Å²) in [5, 5.41) is 12.2. The number of hydrogen-bond acceptors (Lipinski definition) is 6. The van der Waals surface area contributed by atoms with Crippen LogP contribution in [0.25, 0.3) is 0 Å². The maximum absolute atomic E-state index is 12.5. The van der Waals surface area contributed by atoms with E-state index in [1.807, 2.05) is 18.7 Å². The number of piperidine rings is 1. The van der Waals surface area contributed by atoms with E-state index in [-0.39, 0.29) is 36.4 Å². The zero-order valence-corrected chi connectivity index (χ0v) is 18.2. The van der Waals surface area contributed by atoms with Crippen LogP contribution in [0.1, 0.15) is 68.2 Å². The SMILES string of the molecule is CC(C)c1nnc(NC(=O)c2ccc(OCC(=O)N3C(C)CCCC3C)cc2)s1. The van der Waals surface area contributed by atoms with Gasteiger partial charge in [-0.1, -0.05) is 25.2 Å². The quantitative estimate of drug-likeness (QED) is 0.767. The maximum Gasteiger partial charge on any atom is 0.260 e. The van der Waals surface area contributed by atoms with Crippen LogP contribution >= 0.6 is 11.3 Å². The number of carbonyl (C=O) groups is 2. The van der Waals surface area contributed by atoms with Crippen LogP contribution < -0.4 is 10.1 Å². The number of hydrogen-bond donors (Lipinski definition) is 1. The summed E-state index contributed by atoms with van der Waals surface area (Å²) >= 11 is 1.37. The Balaban J connectivity index is 1.54. The van der Waals surface area contributed by atoms with Gasteiger partial charge in [0.25, 0.3) is 11.8 Å². The first-order valence-electron chi connectivity index (χ1n) is 10.0. The molecule has 2 amide bonds. The van der Waals surface area contributed by atoms with E-state index < -0.39 is 0 Å². The van der Waals surface area contributed by atoms with Crippen molar-refractivity contribution in [3.8, 4) is 5.75 Å². The van der Waals surface area contributed by atoms with Crippen molar-refractivity contribution in [1.29, 1.82) is 0 Å². The first-order valence-corrected chi connectivity index (χ1v) is 10.9. The lowest BCUT2D eigenvalue weighted by atomic mass is 9.97. The van der Waals surface area contributed by atoms with Crippen molar-refractivity contribution in [1.82, 2.24) is 15.1 Å². The third-order valence-corrected chi connectivity index (χ3v) is 6.25. The van der Waals surface area contributed by atoms with Gasteiger partial charge in [0.1, 0.15) is 10.8 Å². The van der Waals surface area contributed by atoms with Gasteiger partial charge in [-0.2, -0.15) is 0 Å². The van der Waals surface area contributed by atoms with Crippen molar-refractivity contribution in [2.45, 2.75) is 65.0 Å². The van der Waals surface area contributed by atoms with Gasteiger partial charge in [0, 0.05) is 23.6 Å². The van der Waals surface area contributed by atoms with E-state index in [2.05, 4.69) is 29.4 Å². The highest BCUT2D eigenvalue weighted by Gasteiger charge is 2.29. The zero-order valence-electron chi connectivity index (χ0n) is 17.3. The van der Waals surface area contributed by atoms with Crippen LogP contribution in [0, 0.1) is 0 Å². The van der Waals surface area contributed by atoms with E-state index in [1.165, 1.54) is 11.3 Å². The van der Waals surface area contributed by atoms with Crippen LogP contribution in [0.2, 0.25) is 0 Å². The van der Waals surface area contributed by atoms with E-state index in [0.717, 1.165) is 24.3 Å². The number of aromatic nitrogens is 2. The van der Waals surface area contributed by atoms with Crippen molar-refractivity contribution in [3.63, 3.8) is 0 Å². The van der Waals surface area contributed by atoms with Crippen LogP contribution in [0.3, 0.4) is 0 Å². The van der Waals surface area contributed by atoms with Gasteiger partial charge >= 0.3 is 0 Å². The largest absolute Gasteiger partial charge is 0.484 e. The van der Waals surface area contributed by atoms with Gasteiger partial charge in [0.2, 0.25) is 5.13 Å². The summed E-state index contributed by atoms with van der Waals surface area (Å²) in [6.07, 6.45) is 3.23. The molecule has 1 saturated heterocycles. The molecule has 1 aliphatic rings. The minimum absolute atomic E-state index is 0.00296. The van der Waals surface area contributed by atoms with Crippen LogP contribution in [-0.2, 0) is 4.79 Å². The second-order valence-corrected chi connectivity index (χ2v) is 8.81. The van der Waals surface area contributed by atoms with Gasteiger partial charge in [-0.05, 0) is 57.4 Å². The molecule has 0 radical (unpaired) electrons. The number of nitrogens with zero attached hydrogens (tertiary/aromatic N) is 3. The highest BCUT2D eigenvalue weighted by atomic mass is 32.1. The number of amides is 2. The number of benzene rings is 1. The molecule has 8 heteroatoms. The van der Waals surface area contributed by atoms with E-state index in [9.17, 15) is 9.59 Å². The second-order valence-electron chi connectivity index (χ2n) is 7.80. The minimum Gasteiger partial charge on any atom is -0.484 e. The van der Waals surface area contributed by atoms with Crippen LogP contribution in [0.15, 0.2) is 24.3 Å². The fraction of sp³-hybridized carbons (Fsp3) is 0.524. The van der Waals surface area contributed by atoms with E-state index in [4.69, 9.17) is 4.74 Å². The molecule has 1 aliphatic heterocycles. The first kappa shape index (κ1) is 21.2. The summed E-state index contributed by atoms with van der Waals surface area (Å²) in [6, 6.07) is 7.24. The van der Waals surface area contributed by atoms with Gasteiger partial charge in [-0.3, -0.25) is 14.9 Å². The molecule has 156 valence electrons. The average Bonchev–Trinajstić information content (AvgIpc) is 3.15. The molecule has 1 aromatic carbocycles. The van der Waals surface area contributed by atoms with Crippen molar-refractivity contribution in [2.24, 2.45) is 0 Å². The van der Waals surface area contributed by atoms with Gasteiger partial charge in [0.15, 0.2) is 6.61 Å². The molecule has 0 spiro atoms. The summed E-state index contributed by atoms with van der Waals surface area (Å²) in [6.45, 7) is 8.24. The first-order chi connectivity index (χ1) is 13.8. The predicted octanol–water partition coefficient (Wildman–Crippen LogP) is 4.08. The maximum atomic E-state index is 12.5. The van der Waals surface area contributed by atoms with Crippen molar-refractivity contribution in [3.05, 3.63) is 34.8 Å². The van der Waals surface area contributed by atoms with Crippen molar-refractivity contribution < 1.29 is 14.3 Å². The fourth-order valence-corrected chi connectivity index (χ4v) is 4.26. The molecule has 3 rings (SSSR count). The normalized spacial score (nSPS) is 19.3. The Morgan fingerprint density at radius 1 is 1.17 bits per heavy atom. The summed E-state index contributed by atoms with van der Waals surface area (Å²) in [5.41, 5.74) is 0.489. The van der Waals surface area contributed by atoms with E-state index >= 15 is 0 Å². The highest BCUT2D eigenvalue weighted by molar-refractivity contribution is 7.15. The third-order valence-electron chi connectivity index (χ3n) is 5.12. The number of carbonyl (C=O) groups excluding carboxylic acids is 2. The Kier molecular flexibility index (Phi) is 6.84. The Morgan fingerprint density at radius 2 is 1.83 bits per heavy atom. The van der Waals surface area contributed by atoms with Gasteiger partial charge in [-0.25, -0.2) is 0 Å². The zero-order chi connectivity index (χ0) is 21.0. The standard InChI is InChI=1S/C21H28N4O3S/c1-13(2)20-23-24-21(29-20)22-19(27)16-8-10-17(11-9-16)28-12-18(26)25-14(3)6-5-7-15(25)4/h8-11,13-15H,5-7,12H2,1-4H3,(H,22,24,27). The molecule has 0 aliphatic carbocycles. The minimum atomic E-state index is -0.255. The lowest BCUT2D eigenvalue weighted by Gasteiger charge is -2.38. The molecule has 29 heavy (non-hydrogen) atoms. The number of likely N-dealkylation sites (tertiary alicyclic amines) is 1. The average molecular weight is 417 g/mol. The summed E-state index contributed by atoms with van der Waals surface area (Å²) in [5.74, 6) is 0.581. The Morgan fingerprint density at radius 3 is 2.41 bits per heavy atom. The molecule has 2 aromatic rings. The monoisotopic (exact) mass is 416 g/mol. The molecule has 2 heterocycles. The summed E-state index contributed by atoms with van der Waals surface area (Å²) in [7, 11) is 0. The van der Waals surface area contributed by atoms with E-state index in [0.29, 0.717) is 16.4 Å². The fourth-order valence-electron chi connectivity index (χ4n) is 3.52. The molecule has 1 N–H and O–H groups in total. The molecule has 7 nitrogen and oxygen atoms in total. The second kappa shape index (κ2) is 9.35. The van der Waals surface area contributed by atoms with Gasteiger partial charge < -0.3 is 9.64 Å². The van der Waals surface area contributed by atoms with Crippen molar-refractivity contribution in [2.75, 3.05) is 11.9 Å². The van der Waals surface area contributed by atoms with Gasteiger partial charge in [-0.15, -0.1) is 10.2 Å². The van der Waals surface area contributed by atoms with Crippen LogP contribution in [-0.4, -0.2) is 45.6 Å². The molecule has 0 saturated carbocycles. The van der Waals surface area contributed by atoms with Crippen molar-refractivity contribution >= 4 is 28.3 Å². The number of anilines is 1. The lowest BCUT2D eigenvalue weighted by molar-refractivity contribution is -0.139.